The van der Waals surface area contributed by atoms with Crippen LogP contribution in [0.2, 0.25) is 0 Å². The molecule has 0 saturated carbocycles. The van der Waals surface area contributed by atoms with Gasteiger partial charge in [0.1, 0.15) is 5.60 Å². The molecule has 4 heterocycles. The van der Waals surface area contributed by atoms with E-state index in [2.05, 4.69) is 25.4 Å². The number of nitrogens with zero attached hydrogens (tertiary/aromatic N) is 4. The third kappa shape index (κ3) is 3.53. The highest BCUT2D eigenvalue weighted by molar-refractivity contribution is 5.93. The van der Waals surface area contributed by atoms with Crippen LogP contribution >= 0.6 is 0 Å². The lowest BCUT2D eigenvalue weighted by Gasteiger charge is -2.53. The summed E-state index contributed by atoms with van der Waals surface area (Å²) in [4.78, 5) is 18.2. The lowest BCUT2D eigenvalue weighted by atomic mass is 9.83. The number of hydrogen-bond donors (Lipinski definition) is 1. The molecule has 4 rings (SSSR count). The normalized spacial score (nSPS) is 21.3. The van der Waals surface area contributed by atoms with Crippen LogP contribution < -0.4 is 10.2 Å². The van der Waals surface area contributed by atoms with E-state index in [0.717, 1.165) is 37.4 Å². The Bertz CT molecular complexity index is 749. The summed E-state index contributed by atoms with van der Waals surface area (Å²) < 4.78 is 6.18. The van der Waals surface area contributed by atoms with E-state index in [1.54, 1.807) is 24.5 Å². The molecule has 26 heavy (non-hydrogen) atoms. The van der Waals surface area contributed by atoms with Crippen LogP contribution in [0.1, 0.15) is 28.9 Å². The number of carbonyl (C=O) groups excluding carboxylic acids is 1. The Labute approximate surface area is 152 Å². The maximum atomic E-state index is 12.1. The Hall–Kier alpha value is -2.54. The number of aryl methyl sites for hydroxylation is 1. The molecule has 7 heteroatoms. The molecule has 1 spiro atoms. The maximum Gasteiger partial charge on any atom is 0.251 e. The van der Waals surface area contributed by atoms with Crippen LogP contribution in [0, 0.1) is 12.8 Å². The number of nitrogens with one attached hydrogen (secondary N) is 1. The van der Waals surface area contributed by atoms with Crippen LogP contribution in [0.25, 0.3) is 0 Å². The molecule has 2 aliphatic heterocycles. The molecule has 0 radical (unpaired) electrons. The fourth-order valence-electron chi connectivity index (χ4n) is 3.54. The number of rotatable bonds is 4. The lowest BCUT2D eigenvalue weighted by Crippen LogP contribution is -2.65. The van der Waals surface area contributed by atoms with E-state index >= 15 is 0 Å². The molecule has 2 aliphatic rings. The second-order valence-corrected chi connectivity index (χ2v) is 7.23. The monoisotopic (exact) mass is 353 g/mol. The minimum absolute atomic E-state index is 0.0551. The number of ether oxygens (including phenoxy) is 1. The maximum absolute atomic E-state index is 12.1. The van der Waals surface area contributed by atoms with Crippen LogP contribution in [0.15, 0.2) is 36.7 Å². The fourth-order valence-corrected chi connectivity index (χ4v) is 3.54. The van der Waals surface area contributed by atoms with Crippen LogP contribution in [0.3, 0.4) is 0 Å². The number of aromatic nitrogens is 3. The van der Waals surface area contributed by atoms with Gasteiger partial charge in [0.2, 0.25) is 0 Å². The first-order chi connectivity index (χ1) is 12.6. The minimum Gasteiger partial charge on any atom is -0.371 e. The van der Waals surface area contributed by atoms with Gasteiger partial charge in [-0.2, -0.15) is 5.10 Å². The summed E-state index contributed by atoms with van der Waals surface area (Å²) in [5.41, 5.74) is 1.51. The van der Waals surface area contributed by atoms with Crippen molar-refractivity contribution in [2.24, 2.45) is 5.92 Å². The second kappa shape index (κ2) is 6.99. The zero-order chi connectivity index (χ0) is 18.0. The van der Waals surface area contributed by atoms with Gasteiger partial charge in [0.25, 0.3) is 5.91 Å². The van der Waals surface area contributed by atoms with Crippen molar-refractivity contribution in [3.63, 3.8) is 0 Å². The quantitative estimate of drug-likeness (QED) is 0.899. The zero-order valence-electron chi connectivity index (χ0n) is 14.9. The van der Waals surface area contributed by atoms with E-state index < -0.39 is 0 Å². The van der Waals surface area contributed by atoms with Crippen LogP contribution in [0.5, 0.6) is 0 Å². The minimum atomic E-state index is -0.0574. The summed E-state index contributed by atoms with van der Waals surface area (Å²) in [6, 6.07) is 7.43. The Morgan fingerprint density at radius 3 is 2.73 bits per heavy atom. The predicted octanol–water partition coefficient (Wildman–Crippen LogP) is 1.60. The van der Waals surface area contributed by atoms with Gasteiger partial charge in [0.15, 0.2) is 5.82 Å². The molecule has 0 unspecified atom stereocenters. The van der Waals surface area contributed by atoms with Crippen molar-refractivity contribution < 1.29 is 9.53 Å². The highest BCUT2D eigenvalue weighted by atomic mass is 16.5. The summed E-state index contributed by atoms with van der Waals surface area (Å²) in [5, 5.41) is 11.4. The molecular weight excluding hydrogens is 330 g/mol. The van der Waals surface area contributed by atoms with Gasteiger partial charge >= 0.3 is 0 Å². The molecule has 1 atom stereocenters. The highest BCUT2D eigenvalue weighted by Gasteiger charge is 2.47. The molecule has 0 aromatic carbocycles. The van der Waals surface area contributed by atoms with Gasteiger partial charge < -0.3 is 15.0 Å². The molecule has 7 nitrogen and oxygen atoms in total. The molecular formula is C19H23N5O2. The molecule has 1 N–H and O–H groups in total. The van der Waals surface area contributed by atoms with Crippen molar-refractivity contribution in [2.75, 3.05) is 31.1 Å². The summed E-state index contributed by atoms with van der Waals surface area (Å²) in [6.45, 7) is 4.99. The molecule has 136 valence electrons. The molecule has 2 aromatic heterocycles. The van der Waals surface area contributed by atoms with Crippen LogP contribution in [-0.2, 0) is 4.74 Å². The van der Waals surface area contributed by atoms with Gasteiger partial charge in [-0.1, -0.05) is 0 Å². The van der Waals surface area contributed by atoms with E-state index in [9.17, 15) is 4.79 Å². The number of amides is 1. The third-order valence-electron chi connectivity index (χ3n) is 5.19. The summed E-state index contributed by atoms with van der Waals surface area (Å²) in [5.74, 6) is 1.22. The van der Waals surface area contributed by atoms with Crippen molar-refractivity contribution >= 4 is 11.7 Å². The van der Waals surface area contributed by atoms with Crippen molar-refractivity contribution in [1.82, 2.24) is 20.5 Å². The van der Waals surface area contributed by atoms with E-state index in [0.29, 0.717) is 24.6 Å². The third-order valence-corrected chi connectivity index (χ3v) is 5.19. The topological polar surface area (TPSA) is 80.2 Å². The Balaban J connectivity index is 1.22. The Kier molecular flexibility index (Phi) is 4.55. The van der Waals surface area contributed by atoms with Gasteiger partial charge in [0, 0.05) is 24.5 Å². The van der Waals surface area contributed by atoms with Crippen molar-refractivity contribution in [2.45, 2.75) is 25.4 Å². The first kappa shape index (κ1) is 16.9. The van der Waals surface area contributed by atoms with E-state index in [1.165, 1.54) is 0 Å². The summed E-state index contributed by atoms with van der Waals surface area (Å²) >= 11 is 0. The van der Waals surface area contributed by atoms with Crippen LogP contribution in [0.4, 0.5) is 5.82 Å². The number of pyridine rings is 1. The standard InChI is InChI=1S/C19H23N5O2/c1-14-2-3-17(23-22-14)24-12-19(13-24)7-4-15(11-26-19)10-21-18(25)16-5-8-20-9-6-16/h2-3,5-6,8-9,15H,4,7,10-13H2,1H3,(H,21,25)/t15-/m0/s1. The SMILES string of the molecule is Cc1ccc(N2CC3(CC[C@@H](CNC(=O)c4ccncc4)CO3)C2)nn1. The molecule has 2 saturated heterocycles. The average Bonchev–Trinajstić information content (AvgIpc) is 2.66. The molecule has 2 aromatic rings. The largest absolute Gasteiger partial charge is 0.371 e. The smallest absolute Gasteiger partial charge is 0.251 e. The summed E-state index contributed by atoms with van der Waals surface area (Å²) in [7, 11) is 0. The van der Waals surface area contributed by atoms with Gasteiger partial charge in [-0.25, -0.2) is 0 Å². The molecule has 0 aliphatic carbocycles. The van der Waals surface area contributed by atoms with Crippen LogP contribution in [-0.4, -0.2) is 52.9 Å². The Morgan fingerprint density at radius 2 is 2.08 bits per heavy atom. The number of carbonyl (C=O) groups is 1. The van der Waals surface area contributed by atoms with Crippen molar-refractivity contribution in [3.8, 4) is 0 Å². The lowest BCUT2D eigenvalue weighted by molar-refractivity contribution is -0.115. The van der Waals surface area contributed by atoms with E-state index in [1.807, 2.05) is 19.1 Å². The number of anilines is 1. The first-order valence-electron chi connectivity index (χ1n) is 9.01. The summed E-state index contributed by atoms with van der Waals surface area (Å²) in [6.07, 6.45) is 5.33. The molecule has 0 bridgehead atoms. The average molecular weight is 353 g/mol. The van der Waals surface area contributed by atoms with Gasteiger partial charge in [-0.05, 0) is 49.9 Å². The Morgan fingerprint density at radius 1 is 1.27 bits per heavy atom. The number of hydrogen-bond acceptors (Lipinski definition) is 6. The molecule has 2 fully saturated rings. The van der Waals surface area contributed by atoms with Crippen molar-refractivity contribution in [1.29, 1.82) is 0 Å². The second-order valence-electron chi connectivity index (χ2n) is 7.23. The van der Waals surface area contributed by atoms with E-state index in [4.69, 9.17) is 4.74 Å². The van der Waals surface area contributed by atoms with Gasteiger partial charge in [-0.3, -0.25) is 9.78 Å². The predicted molar refractivity (Wildman–Crippen MR) is 97.0 cm³/mol. The zero-order valence-corrected chi connectivity index (χ0v) is 14.9. The van der Waals surface area contributed by atoms with Crippen molar-refractivity contribution in [3.05, 3.63) is 47.9 Å². The van der Waals surface area contributed by atoms with E-state index in [-0.39, 0.29) is 11.5 Å². The highest BCUT2D eigenvalue weighted by Crippen LogP contribution is 2.37. The first-order valence-corrected chi connectivity index (χ1v) is 9.01. The molecule has 1 amide bonds. The fraction of sp³-hybridized carbons (Fsp3) is 0.474. The van der Waals surface area contributed by atoms with Gasteiger partial charge in [0.05, 0.1) is 25.4 Å². The van der Waals surface area contributed by atoms with Gasteiger partial charge in [-0.15, -0.1) is 5.10 Å².